The van der Waals surface area contributed by atoms with Crippen molar-refractivity contribution in [1.82, 2.24) is 20.1 Å². The molecule has 2 aliphatic rings. The van der Waals surface area contributed by atoms with E-state index in [1.54, 1.807) is 22.4 Å². The summed E-state index contributed by atoms with van der Waals surface area (Å²) in [7, 11) is 0. The van der Waals surface area contributed by atoms with Gasteiger partial charge in [-0.15, -0.1) is 0 Å². The van der Waals surface area contributed by atoms with Gasteiger partial charge in [-0.25, -0.2) is 0 Å². The normalized spacial score (nSPS) is 20.5. The molecule has 4 heterocycles. The number of nitrogens with zero attached hydrogens (tertiary/aromatic N) is 3. The Balaban J connectivity index is 1.16. The molecule has 0 radical (unpaired) electrons. The number of hydrogen-bond acceptors (Lipinski definition) is 6. The molecule has 2 aromatic heterocycles. The fourth-order valence-corrected chi connectivity index (χ4v) is 5.25. The second-order valence-corrected chi connectivity index (χ2v) is 9.57. The highest BCUT2D eigenvalue weighted by Gasteiger charge is 2.34. The highest BCUT2D eigenvalue weighted by molar-refractivity contribution is 7.07. The molecule has 2 amide bonds. The number of carbonyl (C=O) groups is 2. The van der Waals surface area contributed by atoms with Crippen molar-refractivity contribution >= 4 is 23.2 Å². The van der Waals surface area contributed by atoms with Gasteiger partial charge in [0.25, 0.3) is 0 Å². The van der Waals surface area contributed by atoms with E-state index in [9.17, 15) is 9.59 Å². The number of hydrogen-bond donors (Lipinski definition) is 1. The SMILES string of the molecule is O=C(NCCN1Cc2ccccc2OC(c2ccsc2)C1)C1CC(=O)N(Cc2ccccn2)C1. The van der Waals surface area contributed by atoms with E-state index in [1.807, 2.05) is 36.4 Å². The quantitative estimate of drug-likeness (QED) is 0.567. The van der Waals surface area contributed by atoms with Crippen molar-refractivity contribution in [2.75, 3.05) is 26.2 Å². The lowest BCUT2D eigenvalue weighted by Gasteiger charge is -2.24. The molecule has 2 atom stereocenters. The van der Waals surface area contributed by atoms with Crippen LogP contribution in [-0.4, -0.2) is 52.8 Å². The Morgan fingerprint density at radius 1 is 1.15 bits per heavy atom. The Morgan fingerprint density at radius 3 is 2.85 bits per heavy atom. The maximum atomic E-state index is 12.8. The number of pyridine rings is 1. The largest absolute Gasteiger partial charge is 0.484 e. The molecule has 0 spiro atoms. The van der Waals surface area contributed by atoms with Crippen molar-refractivity contribution in [2.24, 2.45) is 5.92 Å². The van der Waals surface area contributed by atoms with Crippen LogP contribution in [0.1, 0.15) is 29.3 Å². The number of rotatable bonds is 7. The number of nitrogens with one attached hydrogen (secondary N) is 1. The average molecular weight is 477 g/mol. The van der Waals surface area contributed by atoms with Crippen LogP contribution in [0, 0.1) is 5.92 Å². The molecule has 34 heavy (non-hydrogen) atoms. The number of benzene rings is 1. The van der Waals surface area contributed by atoms with E-state index in [0.29, 0.717) is 26.2 Å². The van der Waals surface area contributed by atoms with Gasteiger partial charge >= 0.3 is 0 Å². The van der Waals surface area contributed by atoms with E-state index in [0.717, 1.165) is 30.1 Å². The maximum Gasteiger partial charge on any atom is 0.225 e. The summed E-state index contributed by atoms with van der Waals surface area (Å²) in [6, 6.07) is 15.9. The van der Waals surface area contributed by atoms with Gasteiger partial charge in [-0.2, -0.15) is 11.3 Å². The molecule has 0 bridgehead atoms. The lowest BCUT2D eigenvalue weighted by atomic mass is 10.1. The maximum absolute atomic E-state index is 12.8. The molecule has 5 rings (SSSR count). The van der Waals surface area contributed by atoms with Crippen LogP contribution in [0.5, 0.6) is 5.75 Å². The molecule has 1 N–H and O–H groups in total. The van der Waals surface area contributed by atoms with Crippen molar-refractivity contribution in [3.8, 4) is 5.75 Å². The van der Waals surface area contributed by atoms with Gasteiger partial charge in [-0.05, 0) is 35.0 Å². The van der Waals surface area contributed by atoms with Crippen LogP contribution in [0.2, 0.25) is 0 Å². The molecule has 3 aromatic rings. The van der Waals surface area contributed by atoms with Crippen molar-refractivity contribution in [1.29, 1.82) is 0 Å². The Hall–Kier alpha value is -3.23. The first-order valence-electron chi connectivity index (χ1n) is 11.6. The summed E-state index contributed by atoms with van der Waals surface area (Å²) >= 11 is 1.67. The Kier molecular flexibility index (Phi) is 6.87. The Labute approximate surface area is 203 Å². The van der Waals surface area contributed by atoms with E-state index in [1.165, 1.54) is 5.56 Å². The highest BCUT2D eigenvalue weighted by Crippen LogP contribution is 2.31. The molecule has 176 valence electrons. The van der Waals surface area contributed by atoms with Crippen LogP contribution >= 0.6 is 11.3 Å². The molecule has 1 saturated heterocycles. The third-order valence-corrected chi connectivity index (χ3v) is 7.07. The lowest BCUT2D eigenvalue weighted by Crippen LogP contribution is -2.39. The highest BCUT2D eigenvalue weighted by atomic mass is 32.1. The van der Waals surface area contributed by atoms with Crippen molar-refractivity contribution in [3.05, 3.63) is 82.3 Å². The first kappa shape index (κ1) is 22.6. The minimum Gasteiger partial charge on any atom is -0.484 e. The molecular formula is C26H28N4O3S. The third kappa shape index (κ3) is 5.29. The Morgan fingerprint density at radius 2 is 2.03 bits per heavy atom. The van der Waals surface area contributed by atoms with Crippen LogP contribution in [0.3, 0.4) is 0 Å². The molecule has 0 aliphatic carbocycles. The number of fused-ring (bicyclic) bond motifs is 1. The summed E-state index contributed by atoms with van der Waals surface area (Å²) in [5.74, 6) is 0.550. The number of likely N-dealkylation sites (tertiary alicyclic amines) is 1. The zero-order valence-electron chi connectivity index (χ0n) is 18.9. The van der Waals surface area contributed by atoms with Gasteiger partial charge in [0.1, 0.15) is 11.9 Å². The predicted octanol–water partition coefficient (Wildman–Crippen LogP) is 3.24. The average Bonchev–Trinajstić information content (AvgIpc) is 3.46. The van der Waals surface area contributed by atoms with Crippen molar-refractivity contribution < 1.29 is 14.3 Å². The Bertz CT molecular complexity index is 1120. The summed E-state index contributed by atoms with van der Waals surface area (Å²) < 4.78 is 6.34. The van der Waals surface area contributed by atoms with Crippen LogP contribution in [0.15, 0.2) is 65.5 Å². The minimum absolute atomic E-state index is 0.00526. The van der Waals surface area contributed by atoms with Gasteiger partial charge in [-0.1, -0.05) is 24.3 Å². The number of ether oxygens (including phenoxy) is 1. The summed E-state index contributed by atoms with van der Waals surface area (Å²) in [5.41, 5.74) is 3.16. The van der Waals surface area contributed by atoms with E-state index in [2.05, 4.69) is 38.1 Å². The standard InChI is InChI=1S/C26H28N4O3S/c31-25-13-21(15-30(25)16-22-6-3-4-9-27-22)26(32)28-10-11-29-14-19-5-1-2-7-23(19)33-24(17-29)20-8-12-34-18-20/h1-9,12,18,21,24H,10-11,13-17H2,(H,28,32). The first-order valence-corrected chi connectivity index (χ1v) is 12.5. The molecule has 2 aliphatic heterocycles. The summed E-state index contributed by atoms with van der Waals surface area (Å²) in [5, 5.41) is 7.26. The summed E-state index contributed by atoms with van der Waals surface area (Å²) in [6.07, 6.45) is 1.93. The number of para-hydroxylation sites is 1. The van der Waals surface area contributed by atoms with Gasteiger partial charge in [-0.3, -0.25) is 19.5 Å². The fraction of sp³-hybridized carbons (Fsp3) is 0.346. The van der Waals surface area contributed by atoms with Gasteiger partial charge in [0, 0.05) is 56.5 Å². The van der Waals surface area contributed by atoms with Crippen LogP contribution in [-0.2, 0) is 22.7 Å². The van der Waals surface area contributed by atoms with Gasteiger partial charge < -0.3 is 15.0 Å². The molecule has 1 aromatic carbocycles. The van der Waals surface area contributed by atoms with E-state index >= 15 is 0 Å². The molecule has 8 heteroatoms. The van der Waals surface area contributed by atoms with E-state index < -0.39 is 0 Å². The molecule has 1 fully saturated rings. The number of aromatic nitrogens is 1. The second kappa shape index (κ2) is 10.4. The van der Waals surface area contributed by atoms with Crippen molar-refractivity contribution in [2.45, 2.75) is 25.6 Å². The van der Waals surface area contributed by atoms with Crippen molar-refractivity contribution in [3.63, 3.8) is 0 Å². The minimum atomic E-state index is -0.317. The van der Waals surface area contributed by atoms with Crippen LogP contribution < -0.4 is 10.1 Å². The van der Waals surface area contributed by atoms with Crippen LogP contribution in [0.4, 0.5) is 0 Å². The topological polar surface area (TPSA) is 74.8 Å². The number of carbonyl (C=O) groups excluding carboxylic acids is 2. The molecule has 7 nitrogen and oxygen atoms in total. The molecular weight excluding hydrogens is 448 g/mol. The van der Waals surface area contributed by atoms with E-state index in [-0.39, 0.29) is 30.3 Å². The van der Waals surface area contributed by atoms with Gasteiger partial charge in [0.05, 0.1) is 18.2 Å². The van der Waals surface area contributed by atoms with Gasteiger partial charge in [0.15, 0.2) is 0 Å². The first-order chi connectivity index (χ1) is 16.7. The lowest BCUT2D eigenvalue weighted by molar-refractivity contribution is -0.129. The second-order valence-electron chi connectivity index (χ2n) is 8.79. The zero-order chi connectivity index (χ0) is 23.3. The third-order valence-electron chi connectivity index (χ3n) is 6.37. The summed E-state index contributed by atoms with van der Waals surface area (Å²) in [4.78, 5) is 33.5. The number of thiophene rings is 1. The smallest absolute Gasteiger partial charge is 0.225 e. The fourth-order valence-electron chi connectivity index (χ4n) is 4.55. The predicted molar refractivity (Wildman–Crippen MR) is 130 cm³/mol. The van der Waals surface area contributed by atoms with Crippen LogP contribution in [0.25, 0.3) is 0 Å². The monoisotopic (exact) mass is 476 g/mol. The van der Waals surface area contributed by atoms with E-state index in [4.69, 9.17) is 4.74 Å². The molecule has 2 unspecified atom stereocenters. The number of amides is 2. The molecule has 0 saturated carbocycles. The summed E-state index contributed by atoms with van der Waals surface area (Å²) in [6.45, 7) is 3.64. The zero-order valence-corrected chi connectivity index (χ0v) is 19.7. The van der Waals surface area contributed by atoms with Gasteiger partial charge in [0.2, 0.25) is 11.8 Å².